The highest BCUT2D eigenvalue weighted by Crippen LogP contribution is 2.32. The number of hydrogen-bond donors (Lipinski definition) is 1. The Morgan fingerprint density at radius 3 is 2.65 bits per heavy atom. The van der Waals surface area contributed by atoms with E-state index in [1.807, 2.05) is 0 Å². The molecule has 17 heavy (non-hydrogen) atoms. The fourth-order valence-electron chi connectivity index (χ4n) is 2.59. The lowest BCUT2D eigenvalue weighted by Crippen LogP contribution is -2.37. The molecule has 1 aliphatic carbocycles. The molecule has 0 radical (unpaired) electrons. The van der Waals surface area contributed by atoms with Gasteiger partial charge < -0.3 is 5.32 Å². The van der Waals surface area contributed by atoms with Crippen molar-refractivity contribution in [3.63, 3.8) is 0 Å². The average Bonchev–Trinajstić information content (AvgIpc) is 2.28. The highest BCUT2D eigenvalue weighted by atomic mass is 32.2. The van der Waals surface area contributed by atoms with Crippen molar-refractivity contribution in [2.75, 3.05) is 12.3 Å². The van der Waals surface area contributed by atoms with Crippen LogP contribution in [0.15, 0.2) is 0 Å². The summed E-state index contributed by atoms with van der Waals surface area (Å²) >= 11 is 2.23. The molecule has 1 rings (SSSR count). The molecular formula is C15H31NS. The van der Waals surface area contributed by atoms with Crippen LogP contribution in [0.5, 0.6) is 0 Å². The lowest BCUT2D eigenvalue weighted by Gasteiger charge is -2.29. The summed E-state index contributed by atoms with van der Waals surface area (Å²) in [6.45, 7) is 10.5. The Morgan fingerprint density at radius 1 is 1.29 bits per heavy atom. The minimum atomic E-state index is 0.706. The van der Waals surface area contributed by atoms with Crippen molar-refractivity contribution in [3.8, 4) is 0 Å². The van der Waals surface area contributed by atoms with Crippen LogP contribution in [0.25, 0.3) is 0 Å². The van der Waals surface area contributed by atoms with E-state index in [1.54, 1.807) is 0 Å². The molecule has 1 fully saturated rings. The molecule has 0 saturated heterocycles. The molecule has 1 N–H and O–H groups in total. The van der Waals surface area contributed by atoms with Gasteiger partial charge in [0.25, 0.3) is 0 Å². The van der Waals surface area contributed by atoms with Crippen LogP contribution < -0.4 is 5.32 Å². The zero-order valence-corrected chi connectivity index (χ0v) is 13.0. The highest BCUT2D eigenvalue weighted by Gasteiger charge is 2.21. The van der Waals surface area contributed by atoms with Gasteiger partial charge in [-0.05, 0) is 37.6 Å². The van der Waals surface area contributed by atoms with E-state index < -0.39 is 0 Å². The van der Waals surface area contributed by atoms with Gasteiger partial charge in [-0.15, -0.1) is 0 Å². The number of rotatable bonds is 7. The summed E-state index contributed by atoms with van der Waals surface area (Å²) in [4.78, 5) is 0. The largest absolute Gasteiger partial charge is 0.313 e. The Morgan fingerprint density at radius 2 is 2.06 bits per heavy atom. The second kappa shape index (κ2) is 8.42. The molecule has 2 heteroatoms. The Bertz CT molecular complexity index is 193. The molecule has 0 bridgehead atoms. The Labute approximate surface area is 113 Å². The van der Waals surface area contributed by atoms with Crippen LogP contribution >= 0.6 is 11.8 Å². The molecule has 3 unspecified atom stereocenters. The first-order valence-electron chi connectivity index (χ1n) is 7.48. The van der Waals surface area contributed by atoms with Crippen LogP contribution in [0.1, 0.15) is 59.8 Å². The van der Waals surface area contributed by atoms with Gasteiger partial charge in [-0.25, -0.2) is 0 Å². The topological polar surface area (TPSA) is 12.0 Å². The summed E-state index contributed by atoms with van der Waals surface area (Å²) in [5, 5.41) is 4.63. The van der Waals surface area contributed by atoms with E-state index >= 15 is 0 Å². The minimum absolute atomic E-state index is 0.706. The summed E-state index contributed by atoms with van der Waals surface area (Å²) in [5.74, 6) is 3.02. The van der Waals surface area contributed by atoms with E-state index in [9.17, 15) is 0 Å². The molecule has 3 atom stereocenters. The summed E-state index contributed by atoms with van der Waals surface area (Å²) in [7, 11) is 0. The Hall–Kier alpha value is 0.310. The van der Waals surface area contributed by atoms with Crippen molar-refractivity contribution in [1.82, 2.24) is 5.32 Å². The molecule has 1 saturated carbocycles. The van der Waals surface area contributed by atoms with E-state index in [0.29, 0.717) is 6.04 Å². The number of hydrogen-bond acceptors (Lipinski definition) is 2. The van der Waals surface area contributed by atoms with Crippen molar-refractivity contribution < 1.29 is 0 Å². The van der Waals surface area contributed by atoms with E-state index in [1.165, 1.54) is 44.4 Å². The average molecular weight is 257 g/mol. The number of thioether (sulfide) groups is 1. The smallest absolute Gasteiger partial charge is 0.0181 e. The lowest BCUT2D eigenvalue weighted by molar-refractivity contribution is 0.392. The number of nitrogens with one attached hydrogen (secondary N) is 1. The van der Waals surface area contributed by atoms with Gasteiger partial charge in [0, 0.05) is 17.0 Å². The van der Waals surface area contributed by atoms with Crippen molar-refractivity contribution in [2.45, 2.75) is 71.1 Å². The van der Waals surface area contributed by atoms with Gasteiger partial charge in [-0.3, -0.25) is 0 Å². The molecule has 0 heterocycles. The molecule has 0 spiro atoms. The van der Waals surface area contributed by atoms with Gasteiger partial charge in [0.15, 0.2) is 0 Å². The van der Waals surface area contributed by atoms with Crippen molar-refractivity contribution in [1.29, 1.82) is 0 Å². The SMILES string of the molecule is CCCNC(CSC1CCCC(C)C1)C(C)C. The van der Waals surface area contributed by atoms with Gasteiger partial charge in [0.1, 0.15) is 0 Å². The van der Waals surface area contributed by atoms with Crippen LogP contribution in [0.2, 0.25) is 0 Å². The third kappa shape index (κ3) is 6.15. The van der Waals surface area contributed by atoms with Crippen LogP contribution in [0.3, 0.4) is 0 Å². The van der Waals surface area contributed by atoms with Crippen molar-refractivity contribution in [3.05, 3.63) is 0 Å². The molecule has 0 aliphatic heterocycles. The Kier molecular flexibility index (Phi) is 7.61. The maximum absolute atomic E-state index is 3.70. The molecule has 0 aromatic carbocycles. The fraction of sp³-hybridized carbons (Fsp3) is 1.00. The molecule has 1 aliphatic rings. The third-order valence-corrected chi connectivity index (χ3v) is 5.31. The van der Waals surface area contributed by atoms with E-state index in [-0.39, 0.29) is 0 Å². The fourth-order valence-corrected chi connectivity index (χ4v) is 4.37. The van der Waals surface area contributed by atoms with Crippen molar-refractivity contribution >= 4 is 11.8 Å². The van der Waals surface area contributed by atoms with Gasteiger partial charge in [0.2, 0.25) is 0 Å². The first-order chi connectivity index (χ1) is 8.13. The molecular weight excluding hydrogens is 226 g/mol. The summed E-state index contributed by atoms with van der Waals surface area (Å²) in [5.41, 5.74) is 0. The molecule has 102 valence electrons. The van der Waals surface area contributed by atoms with Crippen LogP contribution in [-0.4, -0.2) is 23.6 Å². The first-order valence-corrected chi connectivity index (χ1v) is 8.53. The zero-order valence-electron chi connectivity index (χ0n) is 12.2. The van der Waals surface area contributed by atoms with Gasteiger partial charge >= 0.3 is 0 Å². The normalized spacial score (nSPS) is 27.4. The summed E-state index contributed by atoms with van der Waals surface area (Å²) < 4.78 is 0. The predicted molar refractivity (Wildman–Crippen MR) is 80.8 cm³/mol. The predicted octanol–water partition coefficient (Wildman–Crippen LogP) is 4.32. The monoisotopic (exact) mass is 257 g/mol. The molecule has 0 aromatic rings. The van der Waals surface area contributed by atoms with E-state index in [4.69, 9.17) is 0 Å². The van der Waals surface area contributed by atoms with Crippen LogP contribution in [0, 0.1) is 11.8 Å². The second-order valence-electron chi connectivity index (χ2n) is 6.03. The van der Waals surface area contributed by atoms with Gasteiger partial charge in [0.05, 0.1) is 0 Å². The third-order valence-electron chi connectivity index (χ3n) is 3.86. The molecule has 1 nitrogen and oxygen atoms in total. The zero-order chi connectivity index (χ0) is 12.7. The van der Waals surface area contributed by atoms with Gasteiger partial charge in [-0.2, -0.15) is 11.8 Å². The van der Waals surface area contributed by atoms with E-state index in [0.717, 1.165) is 17.1 Å². The first kappa shape index (κ1) is 15.4. The maximum atomic E-state index is 3.70. The second-order valence-corrected chi connectivity index (χ2v) is 7.37. The summed E-state index contributed by atoms with van der Waals surface area (Å²) in [6, 6.07) is 0.706. The summed E-state index contributed by atoms with van der Waals surface area (Å²) in [6.07, 6.45) is 7.05. The quantitative estimate of drug-likeness (QED) is 0.729. The molecule has 0 aromatic heterocycles. The van der Waals surface area contributed by atoms with Crippen molar-refractivity contribution in [2.24, 2.45) is 11.8 Å². The Balaban J connectivity index is 2.25. The van der Waals surface area contributed by atoms with Gasteiger partial charge in [-0.1, -0.05) is 40.5 Å². The van der Waals surface area contributed by atoms with Crippen LogP contribution in [0.4, 0.5) is 0 Å². The van der Waals surface area contributed by atoms with Crippen LogP contribution in [-0.2, 0) is 0 Å². The standard InChI is InChI=1S/C15H31NS/c1-5-9-16-15(12(2)3)11-17-14-8-6-7-13(4)10-14/h12-16H,5-11H2,1-4H3. The minimum Gasteiger partial charge on any atom is -0.313 e. The highest BCUT2D eigenvalue weighted by molar-refractivity contribution is 7.99. The molecule has 0 amide bonds. The van der Waals surface area contributed by atoms with E-state index in [2.05, 4.69) is 44.8 Å². The lowest BCUT2D eigenvalue weighted by atomic mass is 9.91. The maximum Gasteiger partial charge on any atom is 0.0181 e.